The SMILES string of the molecule is Nc1ncnc(Sc2ccccc2Cl)c1Cl. The van der Waals surface area contributed by atoms with Gasteiger partial charge in [-0.05, 0) is 12.1 Å². The number of nitrogen functional groups attached to an aromatic ring is 1. The van der Waals surface area contributed by atoms with Gasteiger partial charge < -0.3 is 5.73 Å². The monoisotopic (exact) mass is 271 g/mol. The van der Waals surface area contributed by atoms with Crippen LogP contribution < -0.4 is 5.73 Å². The number of nitrogens with zero attached hydrogens (tertiary/aromatic N) is 2. The van der Waals surface area contributed by atoms with Crippen molar-refractivity contribution >= 4 is 40.8 Å². The molecule has 0 unspecified atom stereocenters. The largest absolute Gasteiger partial charge is 0.382 e. The first-order valence-electron chi connectivity index (χ1n) is 4.37. The zero-order valence-corrected chi connectivity index (χ0v) is 10.4. The van der Waals surface area contributed by atoms with Gasteiger partial charge in [0.15, 0.2) is 0 Å². The lowest BCUT2D eigenvalue weighted by Crippen LogP contribution is -1.94. The van der Waals surface area contributed by atoms with Crippen LogP contribution >= 0.6 is 35.0 Å². The van der Waals surface area contributed by atoms with Crippen LogP contribution in [0.25, 0.3) is 0 Å². The molecule has 0 aliphatic carbocycles. The predicted octanol–water partition coefficient (Wildman–Crippen LogP) is 3.52. The highest BCUT2D eigenvalue weighted by Gasteiger charge is 2.09. The van der Waals surface area contributed by atoms with Crippen LogP contribution in [0.15, 0.2) is 40.5 Å². The maximum absolute atomic E-state index is 6.03. The Kier molecular flexibility index (Phi) is 3.53. The van der Waals surface area contributed by atoms with Gasteiger partial charge in [-0.15, -0.1) is 0 Å². The molecular weight excluding hydrogens is 265 g/mol. The van der Waals surface area contributed by atoms with Crippen LogP contribution in [0.2, 0.25) is 10.0 Å². The van der Waals surface area contributed by atoms with Crippen molar-refractivity contribution in [1.82, 2.24) is 9.97 Å². The lowest BCUT2D eigenvalue weighted by molar-refractivity contribution is 1.05. The molecule has 0 spiro atoms. The van der Waals surface area contributed by atoms with Crippen LogP contribution in [0.5, 0.6) is 0 Å². The van der Waals surface area contributed by atoms with Crippen LogP contribution in [0.3, 0.4) is 0 Å². The molecule has 2 N–H and O–H groups in total. The smallest absolute Gasteiger partial charge is 0.146 e. The van der Waals surface area contributed by atoms with Crippen molar-refractivity contribution in [2.45, 2.75) is 9.92 Å². The average molecular weight is 272 g/mol. The fourth-order valence-electron chi connectivity index (χ4n) is 1.07. The van der Waals surface area contributed by atoms with Gasteiger partial charge in [0.05, 0.1) is 5.02 Å². The molecule has 2 rings (SSSR count). The fraction of sp³-hybridized carbons (Fsp3) is 0. The molecule has 0 bridgehead atoms. The Hall–Kier alpha value is -0.970. The zero-order valence-electron chi connectivity index (χ0n) is 8.02. The van der Waals surface area contributed by atoms with Crippen LogP contribution in [0, 0.1) is 0 Å². The summed E-state index contributed by atoms with van der Waals surface area (Å²) in [6.45, 7) is 0. The van der Waals surface area contributed by atoms with Crippen LogP contribution in [-0.2, 0) is 0 Å². The Morgan fingerprint density at radius 1 is 1.12 bits per heavy atom. The second kappa shape index (κ2) is 4.91. The summed E-state index contributed by atoms with van der Waals surface area (Å²) in [4.78, 5) is 8.73. The third kappa shape index (κ3) is 2.40. The van der Waals surface area contributed by atoms with E-state index in [-0.39, 0.29) is 5.82 Å². The summed E-state index contributed by atoms with van der Waals surface area (Å²) in [5.74, 6) is 0.270. The molecule has 1 aromatic carbocycles. The minimum absolute atomic E-state index is 0.270. The van der Waals surface area contributed by atoms with Crippen molar-refractivity contribution in [3.8, 4) is 0 Å². The van der Waals surface area contributed by atoms with Crippen LogP contribution in [0.1, 0.15) is 0 Å². The van der Waals surface area contributed by atoms with E-state index >= 15 is 0 Å². The van der Waals surface area contributed by atoms with Crippen molar-refractivity contribution in [3.05, 3.63) is 40.6 Å². The number of benzene rings is 1. The molecule has 16 heavy (non-hydrogen) atoms. The maximum Gasteiger partial charge on any atom is 0.146 e. The summed E-state index contributed by atoms with van der Waals surface area (Å²) in [5.41, 5.74) is 5.58. The number of nitrogens with two attached hydrogens (primary N) is 1. The van der Waals surface area contributed by atoms with Gasteiger partial charge in [-0.1, -0.05) is 47.1 Å². The van der Waals surface area contributed by atoms with E-state index in [2.05, 4.69) is 9.97 Å². The average Bonchev–Trinajstić information content (AvgIpc) is 2.28. The molecule has 0 saturated carbocycles. The summed E-state index contributed by atoms with van der Waals surface area (Å²) >= 11 is 13.4. The Bertz CT molecular complexity index is 519. The molecule has 3 nitrogen and oxygen atoms in total. The topological polar surface area (TPSA) is 51.8 Å². The van der Waals surface area contributed by atoms with Crippen LogP contribution in [0.4, 0.5) is 5.82 Å². The maximum atomic E-state index is 6.03. The van der Waals surface area contributed by atoms with Crippen molar-refractivity contribution in [1.29, 1.82) is 0 Å². The van der Waals surface area contributed by atoms with E-state index in [9.17, 15) is 0 Å². The summed E-state index contributed by atoms with van der Waals surface area (Å²) in [7, 11) is 0. The molecule has 6 heteroatoms. The summed E-state index contributed by atoms with van der Waals surface area (Å²) in [5, 5.41) is 1.61. The Morgan fingerprint density at radius 2 is 1.88 bits per heavy atom. The number of rotatable bonds is 2. The lowest BCUT2D eigenvalue weighted by Gasteiger charge is -2.05. The van der Waals surface area contributed by atoms with Crippen molar-refractivity contribution < 1.29 is 0 Å². The molecule has 1 heterocycles. The van der Waals surface area contributed by atoms with E-state index in [4.69, 9.17) is 28.9 Å². The highest BCUT2D eigenvalue weighted by atomic mass is 35.5. The molecule has 0 aliphatic rings. The fourth-order valence-corrected chi connectivity index (χ4v) is 2.35. The predicted molar refractivity (Wildman–Crippen MR) is 67.0 cm³/mol. The van der Waals surface area contributed by atoms with Gasteiger partial charge in [0.1, 0.15) is 22.2 Å². The van der Waals surface area contributed by atoms with Gasteiger partial charge in [-0.25, -0.2) is 9.97 Å². The van der Waals surface area contributed by atoms with Gasteiger partial charge in [0.2, 0.25) is 0 Å². The van der Waals surface area contributed by atoms with E-state index in [0.717, 1.165) is 4.90 Å². The van der Waals surface area contributed by atoms with E-state index < -0.39 is 0 Å². The molecule has 0 atom stereocenters. The molecule has 0 amide bonds. The Balaban J connectivity index is 2.35. The number of hydrogen-bond donors (Lipinski definition) is 1. The van der Waals surface area contributed by atoms with E-state index in [1.54, 1.807) is 0 Å². The van der Waals surface area contributed by atoms with Gasteiger partial charge in [0, 0.05) is 4.90 Å². The summed E-state index contributed by atoms with van der Waals surface area (Å²) in [6, 6.07) is 7.46. The number of halogens is 2. The second-order valence-corrected chi connectivity index (χ2v) is 4.73. The zero-order chi connectivity index (χ0) is 11.5. The second-order valence-electron chi connectivity index (χ2n) is 2.91. The third-order valence-corrected chi connectivity index (χ3v) is 3.83. The van der Waals surface area contributed by atoms with E-state index in [0.29, 0.717) is 15.1 Å². The molecule has 0 fully saturated rings. The molecular formula is C10H7Cl2N3S. The first kappa shape index (κ1) is 11.5. The van der Waals surface area contributed by atoms with Crippen molar-refractivity contribution in [3.63, 3.8) is 0 Å². The van der Waals surface area contributed by atoms with Gasteiger partial charge in [-0.2, -0.15) is 0 Å². The highest BCUT2D eigenvalue weighted by molar-refractivity contribution is 7.99. The van der Waals surface area contributed by atoms with Crippen molar-refractivity contribution in [2.75, 3.05) is 5.73 Å². The molecule has 2 aromatic rings. The van der Waals surface area contributed by atoms with E-state index in [1.807, 2.05) is 24.3 Å². The minimum Gasteiger partial charge on any atom is -0.382 e. The standard InChI is InChI=1S/C10H7Cl2N3S/c11-6-3-1-2-4-7(6)16-10-8(12)9(13)14-5-15-10/h1-5H,(H2,13,14,15). The first-order chi connectivity index (χ1) is 7.68. The number of hydrogen-bond acceptors (Lipinski definition) is 4. The minimum atomic E-state index is 0.270. The quantitative estimate of drug-likeness (QED) is 0.850. The van der Waals surface area contributed by atoms with Gasteiger partial charge in [-0.3, -0.25) is 0 Å². The molecule has 0 radical (unpaired) electrons. The molecule has 82 valence electrons. The van der Waals surface area contributed by atoms with Crippen LogP contribution in [-0.4, -0.2) is 9.97 Å². The lowest BCUT2D eigenvalue weighted by atomic mass is 10.4. The molecule has 0 aliphatic heterocycles. The third-order valence-electron chi connectivity index (χ3n) is 1.83. The molecule has 0 saturated heterocycles. The molecule has 1 aromatic heterocycles. The first-order valence-corrected chi connectivity index (χ1v) is 5.94. The van der Waals surface area contributed by atoms with Crippen molar-refractivity contribution in [2.24, 2.45) is 0 Å². The highest BCUT2D eigenvalue weighted by Crippen LogP contribution is 2.36. The Morgan fingerprint density at radius 3 is 2.62 bits per heavy atom. The number of aromatic nitrogens is 2. The normalized spacial score (nSPS) is 10.4. The Labute approximate surface area is 107 Å². The van der Waals surface area contributed by atoms with Gasteiger partial charge >= 0.3 is 0 Å². The number of anilines is 1. The van der Waals surface area contributed by atoms with E-state index in [1.165, 1.54) is 18.1 Å². The van der Waals surface area contributed by atoms with Gasteiger partial charge in [0.25, 0.3) is 0 Å². The summed E-state index contributed by atoms with van der Waals surface area (Å²) in [6.07, 6.45) is 1.38. The summed E-state index contributed by atoms with van der Waals surface area (Å²) < 4.78 is 0.